The van der Waals surface area contributed by atoms with Gasteiger partial charge in [0.05, 0.1) is 0 Å². The highest BCUT2D eigenvalue weighted by atomic mass is 35.5. The first kappa shape index (κ1) is 16.6. The van der Waals surface area contributed by atoms with Crippen molar-refractivity contribution < 1.29 is 0 Å². The second-order valence-corrected chi connectivity index (χ2v) is 8.46. The SMILES string of the molecule is Cc1ccc(SN2CCC(N3CCC(C)CC3)CC2)cc1Cl. The third-order valence-electron chi connectivity index (χ3n) is 5.14. The monoisotopic (exact) mass is 338 g/mol. The van der Waals surface area contributed by atoms with Gasteiger partial charge < -0.3 is 4.90 Å². The molecule has 0 radical (unpaired) electrons. The fraction of sp³-hybridized carbons (Fsp3) is 0.667. The van der Waals surface area contributed by atoms with Gasteiger partial charge in [-0.15, -0.1) is 0 Å². The summed E-state index contributed by atoms with van der Waals surface area (Å²) in [6, 6.07) is 7.21. The molecule has 1 aromatic rings. The van der Waals surface area contributed by atoms with Crippen LogP contribution in [-0.2, 0) is 0 Å². The van der Waals surface area contributed by atoms with E-state index >= 15 is 0 Å². The number of rotatable bonds is 3. The summed E-state index contributed by atoms with van der Waals surface area (Å²) in [4.78, 5) is 4.01. The third-order valence-corrected chi connectivity index (χ3v) is 6.63. The number of likely N-dealkylation sites (tertiary alicyclic amines) is 1. The van der Waals surface area contributed by atoms with Gasteiger partial charge in [-0.25, -0.2) is 4.31 Å². The summed E-state index contributed by atoms with van der Waals surface area (Å²) >= 11 is 8.10. The lowest BCUT2D eigenvalue weighted by Gasteiger charge is -2.41. The maximum absolute atomic E-state index is 6.23. The van der Waals surface area contributed by atoms with Gasteiger partial charge in [0.2, 0.25) is 0 Å². The summed E-state index contributed by atoms with van der Waals surface area (Å²) in [7, 11) is 0. The smallest absolute Gasteiger partial charge is 0.0446 e. The molecule has 122 valence electrons. The number of benzene rings is 1. The van der Waals surface area contributed by atoms with Crippen LogP contribution < -0.4 is 0 Å². The Balaban J connectivity index is 1.48. The largest absolute Gasteiger partial charge is 0.300 e. The summed E-state index contributed by atoms with van der Waals surface area (Å²) in [5.74, 6) is 0.929. The molecule has 2 nitrogen and oxygen atoms in total. The van der Waals surface area contributed by atoms with E-state index in [-0.39, 0.29) is 0 Å². The minimum absolute atomic E-state index is 0.811. The van der Waals surface area contributed by atoms with Crippen molar-refractivity contribution >= 4 is 23.5 Å². The second kappa shape index (κ2) is 7.57. The van der Waals surface area contributed by atoms with E-state index in [1.165, 1.54) is 56.8 Å². The van der Waals surface area contributed by atoms with Gasteiger partial charge in [-0.05, 0) is 81.3 Å². The zero-order chi connectivity index (χ0) is 15.5. The summed E-state index contributed by atoms with van der Waals surface area (Å²) in [5, 5.41) is 0.877. The van der Waals surface area contributed by atoms with Crippen molar-refractivity contribution in [1.29, 1.82) is 0 Å². The van der Waals surface area contributed by atoms with E-state index in [0.29, 0.717) is 0 Å². The predicted molar refractivity (Wildman–Crippen MR) is 96.6 cm³/mol. The fourth-order valence-corrected chi connectivity index (χ4v) is 4.71. The molecule has 2 aliphatic heterocycles. The van der Waals surface area contributed by atoms with E-state index in [1.54, 1.807) is 0 Å². The fourth-order valence-electron chi connectivity index (χ4n) is 3.47. The number of nitrogens with zero attached hydrogens (tertiary/aromatic N) is 2. The van der Waals surface area contributed by atoms with Gasteiger partial charge in [0.1, 0.15) is 0 Å². The van der Waals surface area contributed by atoms with Crippen LogP contribution in [0.3, 0.4) is 0 Å². The summed E-state index contributed by atoms with van der Waals surface area (Å²) in [6.45, 7) is 9.45. The first-order valence-electron chi connectivity index (χ1n) is 8.55. The van der Waals surface area contributed by atoms with Crippen LogP contribution in [0.25, 0.3) is 0 Å². The predicted octanol–water partition coefficient (Wildman–Crippen LogP) is 4.85. The van der Waals surface area contributed by atoms with Crippen molar-refractivity contribution in [2.75, 3.05) is 26.2 Å². The quantitative estimate of drug-likeness (QED) is 0.727. The molecule has 4 heteroatoms. The molecular formula is C18H27ClN2S. The maximum atomic E-state index is 6.23. The highest BCUT2D eigenvalue weighted by molar-refractivity contribution is 7.97. The van der Waals surface area contributed by atoms with E-state index in [9.17, 15) is 0 Å². The Kier molecular flexibility index (Phi) is 5.72. The summed E-state index contributed by atoms with van der Waals surface area (Å²) in [6.07, 6.45) is 5.38. The van der Waals surface area contributed by atoms with Crippen LogP contribution in [0.15, 0.2) is 23.1 Å². The van der Waals surface area contributed by atoms with E-state index in [1.807, 2.05) is 11.9 Å². The van der Waals surface area contributed by atoms with Gasteiger partial charge in [-0.1, -0.05) is 24.6 Å². The lowest BCUT2D eigenvalue weighted by Crippen LogP contribution is -2.46. The molecule has 0 spiro atoms. The molecule has 3 rings (SSSR count). The molecule has 0 atom stereocenters. The molecule has 2 aliphatic rings. The van der Waals surface area contributed by atoms with Crippen LogP contribution >= 0.6 is 23.5 Å². The number of halogens is 1. The Morgan fingerprint density at radius 2 is 1.73 bits per heavy atom. The number of hydrogen-bond acceptors (Lipinski definition) is 3. The van der Waals surface area contributed by atoms with Crippen LogP contribution in [0, 0.1) is 12.8 Å². The van der Waals surface area contributed by atoms with Gasteiger partial charge in [0.25, 0.3) is 0 Å². The van der Waals surface area contributed by atoms with Gasteiger partial charge in [-0.3, -0.25) is 0 Å². The van der Waals surface area contributed by atoms with Crippen LogP contribution in [-0.4, -0.2) is 41.4 Å². The Hall–Kier alpha value is -0.220. The zero-order valence-electron chi connectivity index (χ0n) is 13.7. The van der Waals surface area contributed by atoms with Crippen LogP contribution in [0.4, 0.5) is 0 Å². The Morgan fingerprint density at radius 1 is 1.05 bits per heavy atom. The lowest BCUT2D eigenvalue weighted by molar-refractivity contribution is 0.103. The highest BCUT2D eigenvalue weighted by Gasteiger charge is 2.27. The summed E-state index contributed by atoms with van der Waals surface area (Å²) < 4.78 is 2.50. The van der Waals surface area contributed by atoms with Crippen molar-refractivity contribution in [3.63, 3.8) is 0 Å². The molecule has 0 amide bonds. The van der Waals surface area contributed by atoms with Crippen LogP contribution in [0.5, 0.6) is 0 Å². The van der Waals surface area contributed by atoms with Gasteiger partial charge in [0, 0.05) is 29.0 Å². The zero-order valence-corrected chi connectivity index (χ0v) is 15.3. The minimum Gasteiger partial charge on any atom is -0.300 e. The van der Waals surface area contributed by atoms with E-state index in [2.05, 4.69) is 41.3 Å². The Labute approximate surface area is 144 Å². The van der Waals surface area contributed by atoms with E-state index in [0.717, 1.165) is 22.5 Å². The molecule has 0 N–H and O–H groups in total. The van der Waals surface area contributed by atoms with Crippen LogP contribution in [0.2, 0.25) is 5.02 Å². The van der Waals surface area contributed by atoms with Gasteiger partial charge >= 0.3 is 0 Å². The average molecular weight is 339 g/mol. The molecule has 0 aromatic heterocycles. The first-order valence-corrected chi connectivity index (χ1v) is 9.70. The molecule has 22 heavy (non-hydrogen) atoms. The average Bonchev–Trinajstić information content (AvgIpc) is 2.53. The molecule has 0 unspecified atom stereocenters. The molecular weight excluding hydrogens is 312 g/mol. The highest BCUT2D eigenvalue weighted by Crippen LogP contribution is 2.31. The lowest BCUT2D eigenvalue weighted by atomic mass is 9.95. The van der Waals surface area contributed by atoms with Crippen molar-refractivity contribution in [3.05, 3.63) is 28.8 Å². The molecule has 2 fully saturated rings. The third kappa shape index (κ3) is 4.19. The molecule has 0 saturated carbocycles. The van der Waals surface area contributed by atoms with Crippen molar-refractivity contribution in [2.45, 2.75) is 50.5 Å². The van der Waals surface area contributed by atoms with Crippen LogP contribution in [0.1, 0.15) is 38.2 Å². The molecule has 1 aromatic carbocycles. The minimum atomic E-state index is 0.811. The van der Waals surface area contributed by atoms with Crippen molar-refractivity contribution in [1.82, 2.24) is 9.21 Å². The Morgan fingerprint density at radius 3 is 2.36 bits per heavy atom. The van der Waals surface area contributed by atoms with Gasteiger partial charge in [-0.2, -0.15) is 0 Å². The molecule has 2 heterocycles. The molecule has 0 aliphatic carbocycles. The molecule has 2 saturated heterocycles. The van der Waals surface area contributed by atoms with E-state index < -0.39 is 0 Å². The standard InChI is InChI=1S/C18H27ClN2S/c1-14-5-9-20(10-6-14)16-7-11-21(12-8-16)22-17-4-3-15(2)18(19)13-17/h3-4,13-14,16H,5-12H2,1-2H3. The van der Waals surface area contributed by atoms with Crippen molar-refractivity contribution in [3.8, 4) is 0 Å². The first-order chi connectivity index (χ1) is 10.6. The number of piperidine rings is 2. The normalized spacial score (nSPS) is 23.0. The second-order valence-electron chi connectivity index (χ2n) is 6.88. The topological polar surface area (TPSA) is 6.48 Å². The number of aryl methyl sites for hydroxylation is 1. The van der Waals surface area contributed by atoms with Crippen molar-refractivity contribution in [2.24, 2.45) is 5.92 Å². The molecule has 0 bridgehead atoms. The van der Waals surface area contributed by atoms with E-state index in [4.69, 9.17) is 11.6 Å². The maximum Gasteiger partial charge on any atom is 0.0446 e. The Bertz CT molecular complexity index is 492. The number of hydrogen-bond donors (Lipinski definition) is 0. The van der Waals surface area contributed by atoms with Gasteiger partial charge in [0.15, 0.2) is 0 Å². The summed E-state index contributed by atoms with van der Waals surface area (Å²) in [5.41, 5.74) is 1.16.